The molecule has 1 atom stereocenters. The van der Waals surface area contributed by atoms with Gasteiger partial charge in [0.2, 0.25) is 11.7 Å². The van der Waals surface area contributed by atoms with Gasteiger partial charge in [-0.05, 0) is 38.2 Å². The molecule has 23 heavy (non-hydrogen) atoms. The van der Waals surface area contributed by atoms with Crippen molar-refractivity contribution in [1.82, 2.24) is 15.0 Å². The van der Waals surface area contributed by atoms with Crippen LogP contribution < -0.4 is 0 Å². The minimum absolute atomic E-state index is 0.648. The quantitative estimate of drug-likeness (QED) is 0.820. The minimum Gasteiger partial charge on any atom is -0.381 e. The second-order valence-electron chi connectivity index (χ2n) is 6.77. The smallest absolute Gasteiger partial charge is 0.241 e. The molecule has 1 aromatic heterocycles. The predicted octanol–water partition coefficient (Wildman–Crippen LogP) is 3.05. The first kappa shape index (κ1) is 14.8. The fraction of sp³-hybridized carbons (Fsp3) is 0.556. The van der Waals surface area contributed by atoms with Gasteiger partial charge in [-0.1, -0.05) is 28.9 Å². The van der Waals surface area contributed by atoms with E-state index in [1.165, 1.54) is 24.8 Å². The highest BCUT2D eigenvalue weighted by molar-refractivity contribution is 5.55. The molecule has 0 spiro atoms. The number of hydrogen-bond acceptors (Lipinski definition) is 5. The topological polar surface area (TPSA) is 51.4 Å². The van der Waals surface area contributed by atoms with Crippen molar-refractivity contribution < 1.29 is 9.26 Å². The van der Waals surface area contributed by atoms with Crippen LogP contribution in [0.2, 0.25) is 0 Å². The van der Waals surface area contributed by atoms with Gasteiger partial charge in [-0.2, -0.15) is 4.98 Å². The van der Waals surface area contributed by atoms with Gasteiger partial charge in [-0.25, -0.2) is 0 Å². The number of benzene rings is 1. The number of rotatable bonds is 6. The third-order valence-corrected chi connectivity index (χ3v) is 4.66. The van der Waals surface area contributed by atoms with E-state index < -0.39 is 0 Å². The molecule has 2 aliphatic rings. The summed E-state index contributed by atoms with van der Waals surface area (Å²) in [4.78, 5) is 7.09. The number of nitrogens with zero attached hydrogens (tertiary/aromatic N) is 3. The van der Waals surface area contributed by atoms with Gasteiger partial charge >= 0.3 is 0 Å². The fourth-order valence-electron chi connectivity index (χ4n) is 3.24. The highest BCUT2D eigenvalue weighted by Crippen LogP contribution is 2.30. The molecule has 0 radical (unpaired) electrons. The molecular formula is C18H23N3O2. The van der Waals surface area contributed by atoms with Gasteiger partial charge in [0, 0.05) is 24.8 Å². The van der Waals surface area contributed by atoms with E-state index in [2.05, 4.69) is 34.1 Å². The molecule has 2 fully saturated rings. The van der Waals surface area contributed by atoms with Crippen molar-refractivity contribution in [1.29, 1.82) is 0 Å². The van der Waals surface area contributed by atoms with Crippen LogP contribution in [0.1, 0.15) is 30.7 Å². The van der Waals surface area contributed by atoms with Crippen molar-refractivity contribution in [2.24, 2.45) is 5.92 Å². The summed E-state index contributed by atoms with van der Waals surface area (Å²) in [6, 6.07) is 8.89. The molecule has 0 N–H and O–H groups in total. The Kier molecular flexibility index (Phi) is 4.14. The maximum absolute atomic E-state index is 5.50. The third kappa shape index (κ3) is 3.62. The summed E-state index contributed by atoms with van der Waals surface area (Å²) in [5, 5.41) is 4.15. The van der Waals surface area contributed by atoms with E-state index in [9.17, 15) is 0 Å². The van der Waals surface area contributed by atoms with Gasteiger partial charge in [0.15, 0.2) is 0 Å². The Morgan fingerprint density at radius 3 is 2.91 bits per heavy atom. The van der Waals surface area contributed by atoms with E-state index in [0.717, 1.165) is 31.9 Å². The van der Waals surface area contributed by atoms with Gasteiger partial charge in [0.25, 0.3) is 0 Å². The SMILES string of the molecule is Cc1cccc(-c2noc(CN(C[C@@H]3CCOC3)C3CC3)n2)c1. The summed E-state index contributed by atoms with van der Waals surface area (Å²) in [6.07, 6.45) is 3.74. The monoisotopic (exact) mass is 313 g/mol. The Balaban J connectivity index is 1.45. The van der Waals surface area contributed by atoms with Gasteiger partial charge in [0.1, 0.15) is 0 Å². The molecule has 1 saturated heterocycles. The molecule has 2 heterocycles. The number of hydrogen-bond donors (Lipinski definition) is 0. The molecule has 1 saturated carbocycles. The predicted molar refractivity (Wildman–Crippen MR) is 86.8 cm³/mol. The average molecular weight is 313 g/mol. The van der Waals surface area contributed by atoms with E-state index in [-0.39, 0.29) is 0 Å². The third-order valence-electron chi connectivity index (χ3n) is 4.66. The lowest BCUT2D eigenvalue weighted by molar-refractivity contribution is 0.153. The van der Waals surface area contributed by atoms with Crippen molar-refractivity contribution in [3.05, 3.63) is 35.7 Å². The maximum atomic E-state index is 5.50. The second kappa shape index (κ2) is 6.42. The lowest BCUT2D eigenvalue weighted by Crippen LogP contribution is -2.31. The first-order chi connectivity index (χ1) is 11.3. The van der Waals surface area contributed by atoms with E-state index in [1.54, 1.807) is 0 Å². The molecule has 0 bridgehead atoms. The Hall–Kier alpha value is -1.72. The van der Waals surface area contributed by atoms with Crippen molar-refractivity contribution in [3.8, 4) is 11.4 Å². The first-order valence-electron chi connectivity index (χ1n) is 8.49. The zero-order valence-electron chi connectivity index (χ0n) is 13.6. The molecule has 5 heteroatoms. The van der Waals surface area contributed by atoms with Gasteiger partial charge in [-0.3, -0.25) is 4.90 Å². The highest BCUT2D eigenvalue weighted by atomic mass is 16.5. The summed E-state index contributed by atoms with van der Waals surface area (Å²) in [6.45, 7) is 5.69. The lowest BCUT2D eigenvalue weighted by Gasteiger charge is -2.22. The van der Waals surface area contributed by atoms with Crippen LogP contribution in [0.3, 0.4) is 0 Å². The second-order valence-corrected chi connectivity index (χ2v) is 6.77. The molecule has 1 aliphatic carbocycles. The van der Waals surface area contributed by atoms with Crippen molar-refractivity contribution in [3.63, 3.8) is 0 Å². The van der Waals surface area contributed by atoms with E-state index in [1.807, 2.05) is 12.1 Å². The van der Waals surface area contributed by atoms with Crippen LogP contribution >= 0.6 is 0 Å². The summed E-state index contributed by atoms with van der Waals surface area (Å²) >= 11 is 0. The van der Waals surface area contributed by atoms with Crippen LogP contribution in [0.5, 0.6) is 0 Å². The molecule has 1 aromatic carbocycles. The maximum Gasteiger partial charge on any atom is 0.241 e. The normalized spacial score (nSPS) is 21.2. The standard InChI is InChI=1S/C18H23N3O2/c1-13-3-2-4-15(9-13)18-19-17(23-20-18)11-21(16-5-6-16)10-14-7-8-22-12-14/h2-4,9,14,16H,5-8,10-12H2,1H3/t14-/m0/s1. The van der Waals surface area contributed by atoms with E-state index in [4.69, 9.17) is 9.26 Å². The molecule has 2 aromatic rings. The van der Waals surface area contributed by atoms with Crippen molar-refractivity contribution in [2.45, 2.75) is 38.8 Å². The average Bonchev–Trinajstić information content (AvgIpc) is 3.07. The Morgan fingerprint density at radius 2 is 2.17 bits per heavy atom. The van der Waals surface area contributed by atoms with E-state index >= 15 is 0 Å². The molecule has 4 rings (SSSR count). The Morgan fingerprint density at radius 1 is 1.26 bits per heavy atom. The molecule has 122 valence electrons. The van der Waals surface area contributed by atoms with Crippen LogP contribution in [0, 0.1) is 12.8 Å². The van der Waals surface area contributed by atoms with Gasteiger partial charge in [-0.15, -0.1) is 0 Å². The summed E-state index contributed by atoms with van der Waals surface area (Å²) in [5.74, 6) is 2.05. The highest BCUT2D eigenvalue weighted by Gasteiger charge is 2.32. The van der Waals surface area contributed by atoms with Crippen LogP contribution in [0.4, 0.5) is 0 Å². The molecule has 5 nitrogen and oxygen atoms in total. The van der Waals surface area contributed by atoms with Crippen LogP contribution in [-0.4, -0.2) is 40.8 Å². The number of aryl methyl sites for hydroxylation is 1. The van der Waals surface area contributed by atoms with Crippen LogP contribution in [0.25, 0.3) is 11.4 Å². The van der Waals surface area contributed by atoms with Crippen LogP contribution in [0.15, 0.2) is 28.8 Å². The largest absolute Gasteiger partial charge is 0.381 e. The number of ether oxygens (including phenoxy) is 1. The lowest BCUT2D eigenvalue weighted by atomic mass is 10.1. The van der Waals surface area contributed by atoms with Gasteiger partial charge in [0.05, 0.1) is 13.2 Å². The Bertz CT molecular complexity index is 660. The zero-order chi connectivity index (χ0) is 15.6. The molecule has 1 aliphatic heterocycles. The van der Waals surface area contributed by atoms with E-state index in [0.29, 0.717) is 23.7 Å². The van der Waals surface area contributed by atoms with Crippen molar-refractivity contribution in [2.75, 3.05) is 19.8 Å². The zero-order valence-corrected chi connectivity index (χ0v) is 13.6. The fourth-order valence-corrected chi connectivity index (χ4v) is 3.24. The molecule has 0 unspecified atom stereocenters. The van der Waals surface area contributed by atoms with Gasteiger partial charge < -0.3 is 9.26 Å². The first-order valence-corrected chi connectivity index (χ1v) is 8.49. The molecular weight excluding hydrogens is 290 g/mol. The summed E-state index contributed by atoms with van der Waals surface area (Å²) < 4.78 is 11.0. The summed E-state index contributed by atoms with van der Waals surface area (Å²) in [5.41, 5.74) is 2.22. The minimum atomic E-state index is 0.648. The number of aromatic nitrogens is 2. The van der Waals surface area contributed by atoms with Crippen LogP contribution in [-0.2, 0) is 11.3 Å². The summed E-state index contributed by atoms with van der Waals surface area (Å²) in [7, 11) is 0. The Labute approximate surface area is 136 Å². The molecule has 0 amide bonds. The van der Waals surface area contributed by atoms with Crippen molar-refractivity contribution >= 4 is 0 Å².